The molecule has 4 saturated carbocycles. The number of amides is 1. The zero-order chi connectivity index (χ0) is 15.2. The molecule has 0 radical (unpaired) electrons. The molecule has 0 aromatic heterocycles. The second-order valence-corrected chi connectivity index (χ2v) is 7.72. The summed E-state index contributed by atoms with van der Waals surface area (Å²) in [6.45, 7) is 5.56. The summed E-state index contributed by atoms with van der Waals surface area (Å²) in [5.41, 5.74) is 0.505. The van der Waals surface area contributed by atoms with Gasteiger partial charge in [-0.2, -0.15) is 0 Å². The molecule has 4 heteroatoms. The molecule has 21 heavy (non-hydrogen) atoms. The predicted octanol–water partition coefficient (Wildman–Crippen LogP) is 2.74. The van der Waals surface area contributed by atoms with Gasteiger partial charge in [-0.1, -0.05) is 5.57 Å². The lowest BCUT2D eigenvalue weighted by Gasteiger charge is -2.55. The first-order valence-corrected chi connectivity index (χ1v) is 8.06. The van der Waals surface area contributed by atoms with Gasteiger partial charge in [-0.15, -0.1) is 6.58 Å². The first-order chi connectivity index (χ1) is 9.88. The first-order valence-electron chi connectivity index (χ1n) is 8.06. The van der Waals surface area contributed by atoms with E-state index in [0.717, 1.165) is 24.8 Å². The Bertz CT molecular complexity index is 447. The highest BCUT2D eigenvalue weighted by molar-refractivity contribution is 5.88. The van der Waals surface area contributed by atoms with Gasteiger partial charge in [0.2, 0.25) is 5.91 Å². The van der Waals surface area contributed by atoms with E-state index in [4.69, 9.17) is 0 Å². The fourth-order valence-electron chi connectivity index (χ4n) is 5.25. The van der Waals surface area contributed by atoms with E-state index in [0.29, 0.717) is 24.2 Å². The molecule has 0 aromatic rings. The van der Waals surface area contributed by atoms with Crippen LogP contribution in [0.4, 0.5) is 0 Å². The van der Waals surface area contributed by atoms with Gasteiger partial charge in [0.05, 0.1) is 0 Å². The Balaban J connectivity index is 1.72. The van der Waals surface area contributed by atoms with Gasteiger partial charge < -0.3 is 10.4 Å². The zero-order valence-electron chi connectivity index (χ0n) is 12.7. The van der Waals surface area contributed by atoms with E-state index in [1.165, 1.54) is 19.3 Å². The number of aliphatic carboxylic acids is 1. The van der Waals surface area contributed by atoms with Crippen LogP contribution >= 0.6 is 0 Å². The summed E-state index contributed by atoms with van der Waals surface area (Å²) in [4.78, 5) is 24.1. The maximum atomic E-state index is 12.8. The van der Waals surface area contributed by atoms with Crippen molar-refractivity contribution in [1.82, 2.24) is 5.32 Å². The molecular formula is C17H25NO3. The van der Waals surface area contributed by atoms with Gasteiger partial charge in [0.15, 0.2) is 0 Å². The summed E-state index contributed by atoms with van der Waals surface area (Å²) < 4.78 is 0. The van der Waals surface area contributed by atoms with E-state index in [1.54, 1.807) is 6.92 Å². The van der Waals surface area contributed by atoms with Crippen molar-refractivity contribution in [3.8, 4) is 0 Å². The van der Waals surface area contributed by atoms with E-state index in [2.05, 4.69) is 11.9 Å². The van der Waals surface area contributed by atoms with E-state index in [1.807, 2.05) is 0 Å². The van der Waals surface area contributed by atoms with Gasteiger partial charge in [0, 0.05) is 5.41 Å². The van der Waals surface area contributed by atoms with Gasteiger partial charge in [-0.25, -0.2) is 4.79 Å². The van der Waals surface area contributed by atoms with Crippen LogP contribution < -0.4 is 5.32 Å². The Morgan fingerprint density at radius 3 is 2.05 bits per heavy atom. The molecule has 4 aliphatic rings. The number of nitrogens with one attached hydrogen (secondary N) is 1. The van der Waals surface area contributed by atoms with Crippen LogP contribution in [0.25, 0.3) is 0 Å². The number of carbonyl (C=O) groups is 2. The number of carboxylic acids is 1. The molecule has 4 bridgehead atoms. The minimum atomic E-state index is -0.962. The highest BCUT2D eigenvalue weighted by Gasteiger charge is 2.54. The number of rotatable bonds is 5. The largest absolute Gasteiger partial charge is 0.480 e. The van der Waals surface area contributed by atoms with Gasteiger partial charge in [-0.05, 0) is 69.6 Å². The van der Waals surface area contributed by atoms with Crippen LogP contribution in [0.1, 0.15) is 51.9 Å². The van der Waals surface area contributed by atoms with Crippen molar-refractivity contribution >= 4 is 11.9 Å². The highest BCUT2D eigenvalue weighted by atomic mass is 16.4. The maximum absolute atomic E-state index is 12.8. The summed E-state index contributed by atoms with van der Waals surface area (Å²) in [5.74, 6) is 1.08. The van der Waals surface area contributed by atoms with Crippen molar-refractivity contribution < 1.29 is 14.7 Å². The molecule has 0 saturated heterocycles. The van der Waals surface area contributed by atoms with E-state index < -0.39 is 12.0 Å². The van der Waals surface area contributed by atoms with Crippen LogP contribution in [0.2, 0.25) is 0 Å². The van der Waals surface area contributed by atoms with Crippen molar-refractivity contribution in [2.45, 2.75) is 57.9 Å². The van der Waals surface area contributed by atoms with Crippen molar-refractivity contribution in [1.29, 1.82) is 0 Å². The number of carbonyl (C=O) groups excluding carboxylic acids is 1. The second kappa shape index (κ2) is 5.15. The van der Waals surface area contributed by atoms with Crippen molar-refractivity contribution in [2.24, 2.45) is 23.2 Å². The van der Waals surface area contributed by atoms with E-state index >= 15 is 0 Å². The average Bonchev–Trinajstić information content (AvgIpc) is 2.35. The minimum absolute atomic E-state index is 0.0183. The van der Waals surface area contributed by atoms with Crippen LogP contribution in [0.3, 0.4) is 0 Å². The van der Waals surface area contributed by atoms with Crippen molar-refractivity contribution in [3.05, 3.63) is 12.2 Å². The average molecular weight is 291 g/mol. The molecular weight excluding hydrogens is 266 g/mol. The molecule has 4 fully saturated rings. The number of carboxylic acid groups (broad SMARTS) is 1. The molecule has 0 unspecified atom stereocenters. The summed E-state index contributed by atoms with van der Waals surface area (Å²) in [5, 5.41) is 12.1. The predicted molar refractivity (Wildman–Crippen MR) is 79.6 cm³/mol. The van der Waals surface area contributed by atoms with Crippen LogP contribution in [0.15, 0.2) is 12.2 Å². The maximum Gasteiger partial charge on any atom is 0.326 e. The Kier molecular flexibility index (Phi) is 3.58. The molecule has 4 rings (SSSR count). The van der Waals surface area contributed by atoms with Crippen LogP contribution in [0, 0.1) is 23.2 Å². The zero-order valence-corrected chi connectivity index (χ0v) is 12.7. The smallest absolute Gasteiger partial charge is 0.326 e. The molecule has 4 aliphatic carbocycles. The molecule has 4 nitrogen and oxygen atoms in total. The second-order valence-electron chi connectivity index (χ2n) is 7.72. The SMILES string of the molecule is C=C(C)C[C@@H](NC(=O)C12CC3CC(CC(C3)C1)C2)C(=O)O. The fourth-order valence-corrected chi connectivity index (χ4v) is 5.25. The summed E-state index contributed by atoms with van der Waals surface area (Å²) in [6, 6.07) is -0.831. The molecule has 0 spiro atoms. The Labute approximate surface area is 126 Å². The van der Waals surface area contributed by atoms with Crippen LogP contribution in [0.5, 0.6) is 0 Å². The Hall–Kier alpha value is -1.32. The van der Waals surface area contributed by atoms with Gasteiger partial charge in [0.25, 0.3) is 0 Å². The van der Waals surface area contributed by atoms with Gasteiger partial charge in [-0.3, -0.25) is 4.79 Å². The van der Waals surface area contributed by atoms with Crippen molar-refractivity contribution in [2.75, 3.05) is 0 Å². The highest BCUT2D eigenvalue weighted by Crippen LogP contribution is 2.60. The minimum Gasteiger partial charge on any atom is -0.480 e. The van der Waals surface area contributed by atoms with E-state index in [9.17, 15) is 14.7 Å². The standard InChI is InChI=1S/C17H25NO3/c1-10(2)3-14(15(19)20)18-16(21)17-7-11-4-12(8-17)6-13(5-11)9-17/h11-14H,1,3-9H2,2H3,(H,18,21)(H,19,20)/t11?,12?,13?,14-,17?/m1/s1. The monoisotopic (exact) mass is 291 g/mol. The van der Waals surface area contributed by atoms with Crippen molar-refractivity contribution in [3.63, 3.8) is 0 Å². The third-order valence-electron chi connectivity index (χ3n) is 5.68. The molecule has 0 aliphatic heterocycles. The van der Waals surface area contributed by atoms with E-state index in [-0.39, 0.29) is 11.3 Å². The first kappa shape index (κ1) is 14.6. The summed E-state index contributed by atoms with van der Waals surface area (Å²) >= 11 is 0. The molecule has 1 amide bonds. The third-order valence-corrected chi connectivity index (χ3v) is 5.68. The quantitative estimate of drug-likeness (QED) is 0.765. The molecule has 116 valence electrons. The normalized spacial score (nSPS) is 38.0. The lowest BCUT2D eigenvalue weighted by atomic mass is 9.49. The Morgan fingerprint density at radius 2 is 1.67 bits per heavy atom. The van der Waals surface area contributed by atoms with Gasteiger partial charge in [0.1, 0.15) is 6.04 Å². The molecule has 2 N–H and O–H groups in total. The van der Waals surface area contributed by atoms with Gasteiger partial charge >= 0.3 is 5.97 Å². The summed E-state index contributed by atoms with van der Waals surface area (Å²) in [6.07, 6.45) is 7.04. The van der Waals surface area contributed by atoms with Crippen LogP contribution in [-0.2, 0) is 9.59 Å². The third kappa shape index (κ3) is 2.72. The Morgan fingerprint density at radius 1 is 1.19 bits per heavy atom. The summed E-state index contributed by atoms with van der Waals surface area (Å²) in [7, 11) is 0. The lowest BCUT2D eigenvalue weighted by molar-refractivity contribution is -0.151. The molecule has 1 atom stereocenters. The molecule has 0 heterocycles. The number of hydrogen-bond acceptors (Lipinski definition) is 2. The lowest BCUT2D eigenvalue weighted by Crippen LogP contribution is -2.56. The molecule has 0 aromatic carbocycles. The number of hydrogen-bond donors (Lipinski definition) is 2. The topological polar surface area (TPSA) is 66.4 Å². The fraction of sp³-hybridized carbons (Fsp3) is 0.765. The van der Waals surface area contributed by atoms with Crippen LogP contribution in [-0.4, -0.2) is 23.0 Å².